The second-order valence-corrected chi connectivity index (χ2v) is 6.80. The number of nitrogens with one attached hydrogen (secondary N) is 1. The van der Waals surface area contributed by atoms with Crippen LogP contribution in [0.1, 0.15) is 25.3 Å². The van der Waals surface area contributed by atoms with E-state index in [1.165, 1.54) is 6.92 Å². The monoisotopic (exact) mass is 383 g/mol. The fourth-order valence-electron chi connectivity index (χ4n) is 3.23. The third kappa shape index (κ3) is 5.00. The number of carbonyl (C=O) groups excluding carboxylic acids is 2. The van der Waals surface area contributed by atoms with Gasteiger partial charge in [0.15, 0.2) is 11.5 Å². The lowest BCUT2D eigenvalue weighted by atomic mass is 9.97. The summed E-state index contributed by atoms with van der Waals surface area (Å²) in [5.41, 5.74) is 1.62. The molecule has 2 aromatic rings. The number of ether oxygens (including phenoxy) is 2. The Balaban J connectivity index is 1.66. The van der Waals surface area contributed by atoms with Crippen molar-refractivity contribution < 1.29 is 19.1 Å². The average Bonchev–Trinajstić information content (AvgIpc) is 2.73. The van der Waals surface area contributed by atoms with Gasteiger partial charge in [0.2, 0.25) is 11.8 Å². The molecule has 148 valence electrons. The van der Waals surface area contributed by atoms with Gasteiger partial charge in [0, 0.05) is 44.2 Å². The van der Waals surface area contributed by atoms with Crippen LogP contribution < -0.4 is 14.8 Å². The van der Waals surface area contributed by atoms with E-state index in [1.54, 1.807) is 42.6 Å². The third-order valence-corrected chi connectivity index (χ3v) is 4.81. The van der Waals surface area contributed by atoms with Crippen LogP contribution in [0, 0.1) is 5.92 Å². The first kappa shape index (κ1) is 19.7. The van der Waals surface area contributed by atoms with Gasteiger partial charge in [0.25, 0.3) is 0 Å². The molecule has 0 bridgehead atoms. The number of amides is 2. The molecule has 1 fully saturated rings. The Morgan fingerprint density at radius 3 is 2.71 bits per heavy atom. The molecular formula is C21H25N3O4. The van der Waals surface area contributed by atoms with E-state index in [4.69, 9.17) is 9.47 Å². The maximum absolute atomic E-state index is 12.7. The highest BCUT2D eigenvalue weighted by Gasteiger charge is 2.27. The second-order valence-electron chi connectivity index (χ2n) is 6.80. The van der Waals surface area contributed by atoms with E-state index in [1.807, 2.05) is 12.1 Å². The molecule has 0 spiro atoms. The molecule has 28 heavy (non-hydrogen) atoms. The van der Waals surface area contributed by atoms with Gasteiger partial charge in [-0.1, -0.05) is 0 Å². The van der Waals surface area contributed by atoms with E-state index in [0.717, 1.165) is 18.4 Å². The zero-order chi connectivity index (χ0) is 19.9. The van der Waals surface area contributed by atoms with E-state index in [9.17, 15) is 9.59 Å². The summed E-state index contributed by atoms with van der Waals surface area (Å²) in [7, 11) is 1.57. The number of benzene rings is 1. The van der Waals surface area contributed by atoms with Crippen LogP contribution in [0.25, 0.3) is 0 Å². The largest absolute Gasteiger partial charge is 0.493 e. The van der Waals surface area contributed by atoms with Crippen LogP contribution in [-0.2, 0) is 16.2 Å². The van der Waals surface area contributed by atoms with Crippen molar-refractivity contribution in [3.05, 3.63) is 48.3 Å². The lowest BCUT2D eigenvalue weighted by molar-refractivity contribution is -0.132. The zero-order valence-corrected chi connectivity index (χ0v) is 16.2. The van der Waals surface area contributed by atoms with E-state index in [2.05, 4.69) is 10.3 Å². The quantitative estimate of drug-likeness (QED) is 0.830. The Morgan fingerprint density at radius 1 is 1.21 bits per heavy atom. The standard InChI is InChI=1S/C21H25N3O4/c1-15(25)24-11-3-4-17(13-24)21(26)23-18-5-6-19(27-2)20(12-18)28-14-16-7-9-22-10-8-16/h5-10,12,17H,3-4,11,13-14H2,1-2H3,(H,23,26)/t17-/m1/s1. The van der Waals surface area contributed by atoms with Gasteiger partial charge in [-0.15, -0.1) is 0 Å². The summed E-state index contributed by atoms with van der Waals surface area (Å²) in [5, 5.41) is 2.94. The fraction of sp³-hybridized carbons (Fsp3) is 0.381. The van der Waals surface area contributed by atoms with Gasteiger partial charge in [-0.3, -0.25) is 14.6 Å². The SMILES string of the molecule is COc1ccc(NC(=O)[C@@H]2CCCN(C(C)=O)C2)cc1OCc1ccncc1. The Hall–Kier alpha value is -3.09. The molecule has 0 aliphatic carbocycles. The number of anilines is 1. The summed E-state index contributed by atoms with van der Waals surface area (Å²) in [4.78, 5) is 30.0. The fourth-order valence-corrected chi connectivity index (χ4v) is 3.23. The Kier molecular flexibility index (Phi) is 6.47. The molecule has 1 aromatic heterocycles. The van der Waals surface area contributed by atoms with Gasteiger partial charge in [-0.25, -0.2) is 0 Å². The molecule has 1 N–H and O–H groups in total. The van der Waals surface area contributed by atoms with Crippen molar-refractivity contribution in [3.8, 4) is 11.5 Å². The predicted molar refractivity (Wildman–Crippen MR) is 105 cm³/mol. The number of rotatable bonds is 6. The molecular weight excluding hydrogens is 358 g/mol. The molecule has 1 aliphatic heterocycles. The normalized spacial score (nSPS) is 16.4. The molecule has 7 heteroatoms. The minimum absolute atomic E-state index is 0.00810. The number of methoxy groups -OCH3 is 1. The molecule has 1 aliphatic rings. The molecule has 0 unspecified atom stereocenters. The van der Waals surface area contributed by atoms with Gasteiger partial charge < -0.3 is 19.7 Å². The highest BCUT2D eigenvalue weighted by molar-refractivity contribution is 5.93. The van der Waals surface area contributed by atoms with Crippen LogP contribution in [0.2, 0.25) is 0 Å². The number of piperidine rings is 1. The van der Waals surface area contributed by atoms with Crippen LogP contribution in [0.3, 0.4) is 0 Å². The number of carbonyl (C=O) groups is 2. The summed E-state index contributed by atoms with van der Waals surface area (Å²) in [6, 6.07) is 9.05. The third-order valence-electron chi connectivity index (χ3n) is 4.81. The zero-order valence-electron chi connectivity index (χ0n) is 16.2. The second kappa shape index (κ2) is 9.21. The van der Waals surface area contributed by atoms with Crippen molar-refractivity contribution in [1.29, 1.82) is 0 Å². The maximum Gasteiger partial charge on any atom is 0.229 e. The van der Waals surface area contributed by atoms with Crippen molar-refractivity contribution in [2.75, 3.05) is 25.5 Å². The Labute approximate surface area is 164 Å². The first-order valence-electron chi connectivity index (χ1n) is 9.33. The molecule has 3 rings (SSSR count). The average molecular weight is 383 g/mol. The van der Waals surface area contributed by atoms with Crippen LogP contribution in [0.15, 0.2) is 42.7 Å². The molecule has 1 aromatic carbocycles. The molecule has 0 saturated carbocycles. The van der Waals surface area contributed by atoms with E-state index in [-0.39, 0.29) is 17.7 Å². The Bertz CT molecular complexity index is 826. The van der Waals surface area contributed by atoms with Crippen LogP contribution in [0.5, 0.6) is 11.5 Å². The van der Waals surface area contributed by atoms with Crippen LogP contribution >= 0.6 is 0 Å². The highest BCUT2D eigenvalue weighted by atomic mass is 16.5. The summed E-state index contributed by atoms with van der Waals surface area (Å²) in [6.07, 6.45) is 5.03. The predicted octanol–water partition coefficient (Wildman–Crippen LogP) is 2.87. The van der Waals surface area contributed by atoms with Crippen molar-refractivity contribution in [3.63, 3.8) is 0 Å². The lowest BCUT2D eigenvalue weighted by Crippen LogP contribution is -2.42. The van der Waals surface area contributed by atoms with Gasteiger partial charge in [0.1, 0.15) is 6.61 Å². The first-order chi connectivity index (χ1) is 13.6. The number of aromatic nitrogens is 1. The number of hydrogen-bond donors (Lipinski definition) is 1. The van der Waals surface area contributed by atoms with Crippen LogP contribution in [0.4, 0.5) is 5.69 Å². The topological polar surface area (TPSA) is 80.8 Å². The van der Waals surface area contributed by atoms with Gasteiger partial charge in [-0.05, 0) is 42.7 Å². The lowest BCUT2D eigenvalue weighted by Gasteiger charge is -2.31. The molecule has 1 atom stereocenters. The van der Waals surface area contributed by atoms with Crippen molar-refractivity contribution in [2.45, 2.75) is 26.4 Å². The smallest absolute Gasteiger partial charge is 0.229 e. The maximum atomic E-state index is 12.7. The number of nitrogens with zero attached hydrogens (tertiary/aromatic N) is 2. The van der Waals surface area contributed by atoms with Crippen molar-refractivity contribution in [2.24, 2.45) is 5.92 Å². The number of likely N-dealkylation sites (tertiary alicyclic amines) is 1. The Morgan fingerprint density at radius 2 is 2.00 bits per heavy atom. The van der Waals surface area contributed by atoms with Crippen molar-refractivity contribution in [1.82, 2.24) is 9.88 Å². The molecule has 2 heterocycles. The van der Waals surface area contributed by atoms with Gasteiger partial charge in [-0.2, -0.15) is 0 Å². The van der Waals surface area contributed by atoms with E-state index >= 15 is 0 Å². The number of hydrogen-bond acceptors (Lipinski definition) is 5. The minimum Gasteiger partial charge on any atom is -0.493 e. The summed E-state index contributed by atoms with van der Waals surface area (Å²) in [6.45, 7) is 3.08. The van der Waals surface area contributed by atoms with Crippen LogP contribution in [-0.4, -0.2) is 41.9 Å². The summed E-state index contributed by atoms with van der Waals surface area (Å²) >= 11 is 0. The minimum atomic E-state index is -0.207. The first-order valence-corrected chi connectivity index (χ1v) is 9.33. The van der Waals surface area contributed by atoms with Crippen molar-refractivity contribution >= 4 is 17.5 Å². The molecule has 0 radical (unpaired) electrons. The van der Waals surface area contributed by atoms with Gasteiger partial charge >= 0.3 is 0 Å². The molecule has 7 nitrogen and oxygen atoms in total. The molecule has 2 amide bonds. The number of pyridine rings is 1. The highest BCUT2D eigenvalue weighted by Crippen LogP contribution is 2.31. The molecule has 1 saturated heterocycles. The summed E-state index contributed by atoms with van der Waals surface area (Å²) in [5.74, 6) is 0.851. The van der Waals surface area contributed by atoms with E-state index in [0.29, 0.717) is 36.9 Å². The summed E-state index contributed by atoms with van der Waals surface area (Å²) < 4.78 is 11.2. The van der Waals surface area contributed by atoms with Gasteiger partial charge in [0.05, 0.1) is 13.0 Å². The van der Waals surface area contributed by atoms with E-state index < -0.39 is 0 Å².